The van der Waals surface area contributed by atoms with E-state index in [2.05, 4.69) is 4.74 Å². The highest BCUT2D eigenvalue weighted by Crippen LogP contribution is 2.24. The van der Waals surface area contributed by atoms with Gasteiger partial charge in [0.25, 0.3) is 0 Å². The summed E-state index contributed by atoms with van der Waals surface area (Å²) in [6, 6.07) is 9.68. The van der Waals surface area contributed by atoms with Crippen molar-refractivity contribution in [2.45, 2.75) is 30.9 Å². The molecule has 2 unspecified atom stereocenters. The van der Waals surface area contributed by atoms with Gasteiger partial charge in [0.2, 0.25) is 9.05 Å². The fourth-order valence-corrected chi connectivity index (χ4v) is 3.08. The molecule has 0 aliphatic rings. The minimum absolute atomic E-state index is 0.145. The Morgan fingerprint density at radius 1 is 1.26 bits per heavy atom. The van der Waals surface area contributed by atoms with Crippen LogP contribution >= 0.6 is 10.7 Å². The van der Waals surface area contributed by atoms with E-state index in [1.54, 1.807) is 0 Å². The summed E-state index contributed by atoms with van der Waals surface area (Å²) >= 11 is 0. The molecule has 0 saturated heterocycles. The van der Waals surface area contributed by atoms with E-state index < -0.39 is 20.3 Å². The molecule has 0 bridgehead atoms. The van der Waals surface area contributed by atoms with E-state index in [-0.39, 0.29) is 12.3 Å². The molecule has 4 nitrogen and oxygen atoms in total. The molecule has 1 aromatic carbocycles. The van der Waals surface area contributed by atoms with Crippen molar-refractivity contribution in [3.63, 3.8) is 0 Å². The van der Waals surface area contributed by atoms with Crippen LogP contribution in [-0.4, -0.2) is 26.7 Å². The van der Waals surface area contributed by atoms with Gasteiger partial charge in [-0.25, -0.2) is 8.42 Å². The second kappa shape index (κ2) is 6.91. The number of benzene rings is 1. The van der Waals surface area contributed by atoms with E-state index in [1.807, 2.05) is 37.3 Å². The largest absolute Gasteiger partial charge is 0.468 e. The van der Waals surface area contributed by atoms with E-state index in [0.717, 1.165) is 12.7 Å². The summed E-state index contributed by atoms with van der Waals surface area (Å²) in [5, 5.41) is -1.30. The molecular weight excluding hydrogens is 288 g/mol. The maximum absolute atomic E-state index is 11.4. The van der Waals surface area contributed by atoms with Crippen LogP contribution in [-0.2, 0) is 18.6 Å². The van der Waals surface area contributed by atoms with Crippen molar-refractivity contribution in [2.75, 3.05) is 7.11 Å². The molecule has 0 heterocycles. The van der Waals surface area contributed by atoms with Gasteiger partial charge in [-0.05, 0) is 24.3 Å². The third-order valence-electron chi connectivity index (χ3n) is 3.03. The highest BCUT2D eigenvalue weighted by atomic mass is 35.7. The van der Waals surface area contributed by atoms with E-state index in [0.29, 0.717) is 6.42 Å². The number of halogens is 1. The van der Waals surface area contributed by atoms with Gasteiger partial charge in [-0.2, -0.15) is 0 Å². The zero-order valence-electron chi connectivity index (χ0n) is 10.9. The van der Waals surface area contributed by atoms with Gasteiger partial charge in [0.15, 0.2) is 5.25 Å². The second-order valence-corrected chi connectivity index (χ2v) is 7.19. The average Bonchev–Trinajstić information content (AvgIpc) is 2.37. The molecule has 19 heavy (non-hydrogen) atoms. The average molecular weight is 305 g/mol. The Labute approximate surface area is 118 Å². The van der Waals surface area contributed by atoms with Crippen LogP contribution < -0.4 is 0 Å². The topological polar surface area (TPSA) is 60.4 Å². The molecule has 6 heteroatoms. The van der Waals surface area contributed by atoms with Gasteiger partial charge in [0.05, 0.1) is 7.11 Å². The monoisotopic (exact) mass is 304 g/mol. The second-order valence-electron chi connectivity index (χ2n) is 4.38. The normalized spacial score (nSPS) is 14.7. The van der Waals surface area contributed by atoms with Crippen LogP contribution in [0.15, 0.2) is 30.3 Å². The third-order valence-corrected chi connectivity index (χ3v) is 4.79. The van der Waals surface area contributed by atoms with E-state index in [9.17, 15) is 13.2 Å². The molecule has 0 amide bonds. The van der Waals surface area contributed by atoms with Gasteiger partial charge >= 0.3 is 5.97 Å². The minimum Gasteiger partial charge on any atom is -0.468 e. The zero-order chi connectivity index (χ0) is 14.5. The van der Waals surface area contributed by atoms with Gasteiger partial charge < -0.3 is 4.74 Å². The molecule has 0 aromatic heterocycles. The number of carbonyl (C=O) groups is 1. The molecule has 1 aromatic rings. The number of methoxy groups -OCH3 is 1. The van der Waals surface area contributed by atoms with Gasteiger partial charge in [0.1, 0.15) is 0 Å². The number of ether oxygens (including phenoxy) is 1. The molecule has 0 aliphatic heterocycles. The first-order chi connectivity index (χ1) is 8.86. The van der Waals surface area contributed by atoms with Gasteiger partial charge in [-0.1, -0.05) is 37.3 Å². The van der Waals surface area contributed by atoms with Crippen LogP contribution in [0.3, 0.4) is 0 Å². The van der Waals surface area contributed by atoms with Crippen LogP contribution in [0.4, 0.5) is 0 Å². The van der Waals surface area contributed by atoms with Crippen molar-refractivity contribution in [2.24, 2.45) is 0 Å². The lowest BCUT2D eigenvalue weighted by molar-refractivity contribution is -0.140. The molecule has 0 N–H and O–H groups in total. The van der Waals surface area contributed by atoms with E-state index in [4.69, 9.17) is 10.7 Å². The summed E-state index contributed by atoms with van der Waals surface area (Å²) < 4.78 is 27.2. The lowest BCUT2D eigenvalue weighted by atomic mass is 9.95. The van der Waals surface area contributed by atoms with Crippen molar-refractivity contribution < 1.29 is 17.9 Å². The van der Waals surface area contributed by atoms with E-state index in [1.165, 1.54) is 0 Å². The first-order valence-corrected chi connectivity index (χ1v) is 8.29. The van der Waals surface area contributed by atoms with Crippen molar-refractivity contribution in [3.05, 3.63) is 35.9 Å². The Hall–Kier alpha value is -1.07. The van der Waals surface area contributed by atoms with Crippen molar-refractivity contribution in [1.29, 1.82) is 0 Å². The Morgan fingerprint density at radius 3 is 2.32 bits per heavy atom. The number of esters is 1. The number of hydrogen-bond donors (Lipinski definition) is 0. The molecular formula is C13H17ClO4S. The molecule has 0 aliphatic carbocycles. The highest BCUT2D eigenvalue weighted by Gasteiger charge is 2.32. The highest BCUT2D eigenvalue weighted by molar-refractivity contribution is 8.14. The Morgan fingerprint density at radius 2 is 1.84 bits per heavy atom. The zero-order valence-corrected chi connectivity index (χ0v) is 12.4. The maximum Gasteiger partial charge on any atom is 0.325 e. The first-order valence-electron chi connectivity index (χ1n) is 5.92. The summed E-state index contributed by atoms with van der Waals surface area (Å²) in [5.74, 6) is -0.665. The lowest BCUT2D eigenvalue weighted by Gasteiger charge is -2.15. The van der Waals surface area contributed by atoms with Crippen LogP contribution in [0, 0.1) is 0 Å². The van der Waals surface area contributed by atoms with Crippen LogP contribution in [0.2, 0.25) is 0 Å². The Bertz CT molecular complexity index is 513. The number of hydrogen-bond acceptors (Lipinski definition) is 4. The number of rotatable bonds is 6. The lowest BCUT2D eigenvalue weighted by Crippen LogP contribution is -2.28. The van der Waals surface area contributed by atoms with E-state index >= 15 is 0 Å². The minimum atomic E-state index is -3.96. The van der Waals surface area contributed by atoms with Crippen molar-refractivity contribution >= 4 is 25.7 Å². The first kappa shape index (κ1) is 16.0. The molecule has 2 atom stereocenters. The predicted molar refractivity (Wildman–Crippen MR) is 74.7 cm³/mol. The Balaban J connectivity index is 2.70. The SMILES string of the molecule is COC(=O)C(CCC(C)c1ccccc1)S(=O)(=O)Cl. The van der Waals surface area contributed by atoms with Gasteiger partial charge in [0, 0.05) is 10.7 Å². The molecule has 0 spiro atoms. The molecule has 1 rings (SSSR count). The molecule has 106 valence electrons. The summed E-state index contributed by atoms with van der Waals surface area (Å²) in [7, 11) is 2.47. The molecule has 0 fully saturated rings. The Kier molecular flexibility index (Phi) is 5.82. The molecule has 0 saturated carbocycles. The summed E-state index contributed by atoms with van der Waals surface area (Å²) in [5.41, 5.74) is 1.10. The van der Waals surface area contributed by atoms with Crippen LogP contribution in [0.25, 0.3) is 0 Å². The summed E-state index contributed by atoms with van der Waals surface area (Å²) in [6.45, 7) is 1.98. The predicted octanol–water partition coefficient (Wildman–Crippen LogP) is 2.68. The molecule has 0 radical (unpaired) electrons. The van der Waals surface area contributed by atoms with Crippen LogP contribution in [0.5, 0.6) is 0 Å². The summed E-state index contributed by atoms with van der Waals surface area (Å²) in [6.07, 6.45) is 0.685. The number of carbonyl (C=O) groups excluding carboxylic acids is 1. The van der Waals surface area contributed by atoms with Crippen molar-refractivity contribution in [3.8, 4) is 0 Å². The van der Waals surface area contributed by atoms with Crippen LogP contribution in [0.1, 0.15) is 31.2 Å². The third kappa shape index (κ3) is 4.84. The standard InChI is InChI=1S/C13H17ClO4S/c1-10(11-6-4-3-5-7-11)8-9-12(13(15)18-2)19(14,16)17/h3-7,10,12H,8-9H2,1-2H3. The van der Waals surface area contributed by atoms with Crippen molar-refractivity contribution in [1.82, 2.24) is 0 Å². The fourth-order valence-electron chi connectivity index (χ4n) is 1.85. The fraction of sp³-hybridized carbons (Fsp3) is 0.462. The van der Waals surface area contributed by atoms with Gasteiger partial charge in [-0.15, -0.1) is 0 Å². The van der Waals surface area contributed by atoms with Gasteiger partial charge in [-0.3, -0.25) is 4.79 Å². The quantitative estimate of drug-likeness (QED) is 0.599. The smallest absolute Gasteiger partial charge is 0.325 e. The summed E-state index contributed by atoms with van der Waals surface area (Å²) in [4.78, 5) is 11.4. The maximum atomic E-state index is 11.4.